The zero-order valence-corrected chi connectivity index (χ0v) is 10.3. The van der Waals surface area contributed by atoms with Crippen LogP contribution < -0.4 is 5.32 Å². The maximum atomic E-state index is 11.7. The molecular weight excluding hydrogens is 249 g/mol. The predicted molar refractivity (Wildman–Crippen MR) is 65.1 cm³/mol. The summed E-state index contributed by atoms with van der Waals surface area (Å²) in [6.45, 7) is 2.05. The van der Waals surface area contributed by atoms with Gasteiger partial charge in [-0.05, 0) is 25.5 Å². The second-order valence-corrected chi connectivity index (χ2v) is 4.30. The fraction of sp³-hybridized carbons (Fsp3) is 0.364. The number of halogens is 2. The van der Waals surface area contributed by atoms with Crippen molar-refractivity contribution in [2.75, 3.05) is 6.54 Å². The third-order valence-corrected chi connectivity index (χ3v) is 2.67. The van der Waals surface area contributed by atoms with Crippen LogP contribution in [0.3, 0.4) is 0 Å². The number of hydrogen-bond donors (Lipinski definition) is 2. The fourth-order valence-electron chi connectivity index (χ4n) is 1.20. The van der Waals surface area contributed by atoms with Crippen LogP contribution in [0.15, 0.2) is 18.2 Å². The molecule has 5 heteroatoms. The molecule has 0 fully saturated rings. The largest absolute Gasteiger partial charge is 0.393 e. The standard InChI is InChI=1S/C11H13Cl2NO2/c1-7(15)5-6-14-11(16)10-8(12)3-2-4-9(10)13/h2-4,7,15H,5-6H2,1H3,(H,14,16). The Balaban J connectivity index is 2.66. The number of benzene rings is 1. The minimum absolute atomic E-state index is 0.274. The van der Waals surface area contributed by atoms with Crippen LogP contribution in [0, 0.1) is 0 Å². The Morgan fingerprint density at radius 3 is 2.50 bits per heavy atom. The third-order valence-electron chi connectivity index (χ3n) is 2.04. The van der Waals surface area contributed by atoms with Gasteiger partial charge in [0.2, 0.25) is 0 Å². The number of carbonyl (C=O) groups is 1. The van der Waals surface area contributed by atoms with Crippen LogP contribution in [-0.4, -0.2) is 23.7 Å². The average molecular weight is 262 g/mol. The molecule has 0 saturated carbocycles. The highest BCUT2D eigenvalue weighted by Crippen LogP contribution is 2.23. The Labute approximate surface area is 104 Å². The van der Waals surface area contributed by atoms with Crippen molar-refractivity contribution >= 4 is 29.1 Å². The topological polar surface area (TPSA) is 49.3 Å². The lowest BCUT2D eigenvalue weighted by atomic mass is 10.2. The van der Waals surface area contributed by atoms with E-state index in [9.17, 15) is 4.79 Å². The lowest BCUT2D eigenvalue weighted by molar-refractivity contribution is 0.0946. The van der Waals surface area contributed by atoms with Crippen LogP contribution in [0.25, 0.3) is 0 Å². The molecule has 0 aliphatic rings. The molecule has 0 saturated heterocycles. The van der Waals surface area contributed by atoms with Gasteiger partial charge in [0.1, 0.15) is 0 Å². The summed E-state index contributed by atoms with van der Waals surface area (Å²) >= 11 is 11.7. The summed E-state index contributed by atoms with van der Waals surface area (Å²) < 4.78 is 0. The monoisotopic (exact) mass is 261 g/mol. The zero-order chi connectivity index (χ0) is 12.1. The van der Waals surface area contributed by atoms with Crippen molar-refractivity contribution in [1.29, 1.82) is 0 Å². The summed E-state index contributed by atoms with van der Waals surface area (Å²) in [4.78, 5) is 11.7. The van der Waals surface area contributed by atoms with Crippen LogP contribution in [-0.2, 0) is 0 Å². The first-order chi connectivity index (χ1) is 7.52. The number of aliphatic hydroxyl groups excluding tert-OH is 1. The van der Waals surface area contributed by atoms with E-state index in [1.54, 1.807) is 25.1 Å². The summed E-state index contributed by atoms with van der Waals surface area (Å²) in [5.41, 5.74) is 0.274. The molecule has 1 atom stereocenters. The first kappa shape index (κ1) is 13.3. The summed E-state index contributed by atoms with van der Waals surface area (Å²) in [7, 11) is 0. The molecular formula is C11H13Cl2NO2. The number of hydrogen-bond acceptors (Lipinski definition) is 2. The molecule has 0 aliphatic carbocycles. The molecule has 1 aromatic carbocycles. The summed E-state index contributed by atoms with van der Waals surface area (Å²) in [6, 6.07) is 4.89. The number of carbonyl (C=O) groups excluding carboxylic acids is 1. The molecule has 0 aliphatic heterocycles. The smallest absolute Gasteiger partial charge is 0.254 e. The van der Waals surface area contributed by atoms with Crippen LogP contribution in [0.4, 0.5) is 0 Å². The molecule has 0 radical (unpaired) electrons. The van der Waals surface area contributed by atoms with Gasteiger partial charge in [0.25, 0.3) is 5.91 Å². The van der Waals surface area contributed by atoms with E-state index in [1.807, 2.05) is 0 Å². The Kier molecular flexibility index (Phi) is 5.06. The Bertz CT molecular complexity index is 360. The highest BCUT2D eigenvalue weighted by Gasteiger charge is 2.13. The molecule has 1 unspecified atom stereocenters. The lowest BCUT2D eigenvalue weighted by Gasteiger charge is -2.09. The number of nitrogens with one attached hydrogen (secondary N) is 1. The molecule has 3 nitrogen and oxygen atoms in total. The van der Waals surface area contributed by atoms with Crippen molar-refractivity contribution < 1.29 is 9.90 Å². The molecule has 0 spiro atoms. The number of aliphatic hydroxyl groups is 1. The van der Waals surface area contributed by atoms with Gasteiger partial charge in [-0.25, -0.2) is 0 Å². The van der Waals surface area contributed by atoms with E-state index in [-0.39, 0.29) is 11.5 Å². The maximum absolute atomic E-state index is 11.7. The quantitative estimate of drug-likeness (QED) is 0.875. The van der Waals surface area contributed by atoms with Gasteiger partial charge in [0, 0.05) is 6.54 Å². The maximum Gasteiger partial charge on any atom is 0.254 e. The van der Waals surface area contributed by atoms with E-state index in [0.29, 0.717) is 23.0 Å². The van der Waals surface area contributed by atoms with Gasteiger partial charge in [0.15, 0.2) is 0 Å². The highest BCUT2D eigenvalue weighted by atomic mass is 35.5. The van der Waals surface area contributed by atoms with E-state index >= 15 is 0 Å². The van der Waals surface area contributed by atoms with Gasteiger partial charge in [0.05, 0.1) is 21.7 Å². The van der Waals surface area contributed by atoms with E-state index in [4.69, 9.17) is 28.3 Å². The molecule has 16 heavy (non-hydrogen) atoms. The van der Waals surface area contributed by atoms with E-state index in [2.05, 4.69) is 5.32 Å². The minimum Gasteiger partial charge on any atom is -0.393 e. The van der Waals surface area contributed by atoms with Gasteiger partial charge in [-0.2, -0.15) is 0 Å². The van der Waals surface area contributed by atoms with Crippen molar-refractivity contribution in [1.82, 2.24) is 5.32 Å². The summed E-state index contributed by atoms with van der Waals surface area (Å²) in [6.07, 6.45) is 0.0513. The Morgan fingerprint density at radius 1 is 1.44 bits per heavy atom. The van der Waals surface area contributed by atoms with Crippen LogP contribution in [0.1, 0.15) is 23.7 Å². The third kappa shape index (κ3) is 3.67. The average Bonchev–Trinajstić information content (AvgIpc) is 2.16. The number of amides is 1. The van der Waals surface area contributed by atoms with Gasteiger partial charge in [-0.15, -0.1) is 0 Å². The van der Waals surface area contributed by atoms with Crippen molar-refractivity contribution in [3.05, 3.63) is 33.8 Å². The van der Waals surface area contributed by atoms with Crippen molar-refractivity contribution in [2.45, 2.75) is 19.4 Å². The highest BCUT2D eigenvalue weighted by molar-refractivity contribution is 6.39. The predicted octanol–water partition coefficient (Wildman–Crippen LogP) is 2.49. The normalized spacial score (nSPS) is 12.2. The van der Waals surface area contributed by atoms with Crippen LogP contribution in [0.2, 0.25) is 10.0 Å². The summed E-state index contributed by atoms with van der Waals surface area (Å²) in [5, 5.41) is 12.3. The van der Waals surface area contributed by atoms with Gasteiger partial charge in [-0.3, -0.25) is 4.79 Å². The second kappa shape index (κ2) is 6.09. The first-order valence-corrected chi connectivity index (χ1v) is 5.68. The molecule has 88 valence electrons. The molecule has 0 heterocycles. The number of rotatable bonds is 4. The van der Waals surface area contributed by atoms with E-state index in [1.165, 1.54) is 0 Å². The molecule has 0 aromatic heterocycles. The first-order valence-electron chi connectivity index (χ1n) is 4.92. The fourth-order valence-corrected chi connectivity index (χ4v) is 1.77. The Hall–Kier alpha value is -0.770. The second-order valence-electron chi connectivity index (χ2n) is 3.49. The van der Waals surface area contributed by atoms with Crippen LogP contribution in [0.5, 0.6) is 0 Å². The zero-order valence-electron chi connectivity index (χ0n) is 8.84. The van der Waals surface area contributed by atoms with E-state index in [0.717, 1.165) is 0 Å². The molecule has 2 N–H and O–H groups in total. The Morgan fingerprint density at radius 2 is 2.00 bits per heavy atom. The lowest BCUT2D eigenvalue weighted by Crippen LogP contribution is -2.27. The van der Waals surface area contributed by atoms with Crippen molar-refractivity contribution in [3.63, 3.8) is 0 Å². The molecule has 1 rings (SSSR count). The SMILES string of the molecule is CC(O)CCNC(=O)c1c(Cl)cccc1Cl. The minimum atomic E-state index is -0.443. The van der Waals surface area contributed by atoms with Gasteiger partial charge in [-0.1, -0.05) is 29.3 Å². The molecule has 1 amide bonds. The molecule has 0 bridgehead atoms. The molecule has 1 aromatic rings. The van der Waals surface area contributed by atoms with Crippen molar-refractivity contribution in [3.8, 4) is 0 Å². The van der Waals surface area contributed by atoms with Gasteiger partial charge >= 0.3 is 0 Å². The van der Waals surface area contributed by atoms with Gasteiger partial charge < -0.3 is 10.4 Å². The van der Waals surface area contributed by atoms with Crippen molar-refractivity contribution in [2.24, 2.45) is 0 Å². The van der Waals surface area contributed by atoms with E-state index < -0.39 is 6.10 Å². The van der Waals surface area contributed by atoms with Crippen LogP contribution >= 0.6 is 23.2 Å². The summed E-state index contributed by atoms with van der Waals surface area (Å²) in [5.74, 6) is -0.323.